The lowest BCUT2D eigenvalue weighted by Crippen LogP contribution is -2.56. The molecule has 1 spiro atoms. The number of ether oxygens (including phenoxy) is 2. The van der Waals surface area contributed by atoms with Crippen molar-refractivity contribution >= 4 is 0 Å². The van der Waals surface area contributed by atoms with Crippen LogP contribution in [0.25, 0.3) is 0 Å². The van der Waals surface area contributed by atoms with Crippen LogP contribution in [0.2, 0.25) is 0 Å². The van der Waals surface area contributed by atoms with E-state index >= 15 is 0 Å². The van der Waals surface area contributed by atoms with E-state index in [-0.39, 0.29) is 5.60 Å². The fraction of sp³-hybridized carbons (Fsp3) is 1.00. The summed E-state index contributed by atoms with van der Waals surface area (Å²) in [7, 11) is 0. The lowest BCUT2D eigenvalue weighted by atomic mass is 9.61. The molecule has 0 unspecified atom stereocenters. The quantitative estimate of drug-likeness (QED) is 0.754. The molecule has 104 valence electrons. The molecule has 0 atom stereocenters. The Morgan fingerprint density at radius 3 is 2.17 bits per heavy atom. The highest BCUT2D eigenvalue weighted by Gasteiger charge is 2.48. The van der Waals surface area contributed by atoms with Crippen molar-refractivity contribution < 1.29 is 9.47 Å². The van der Waals surface area contributed by atoms with Crippen LogP contribution in [0.4, 0.5) is 0 Å². The molecule has 0 aromatic heterocycles. The summed E-state index contributed by atoms with van der Waals surface area (Å²) in [6.45, 7) is 11.0. The van der Waals surface area contributed by atoms with Crippen LogP contribution in [0.1, 0.15) is 46.5 Å². The Morgan fingerprint density at radius 2 is 1.72 bits per heavy atom. The van der Waals surface area contributed by atoms with Gasteiger partial charge in [0.25, 0.3) is 0 Å². The van der Waals surface area contributed by atoms with Crippen molar-refractivity contribution in [3.63, 3.8) is 0 Å². The maximum absolute atomic E-state index is 6.07. The van der Waals surface area contributed by atoms with Gasteiger partial charge < -0.3 is 9.47 Å². The molecule has 18 heavy (non-hydrogen) atoms. The van der Waals surface area contributed by atoms with Crippen LogP contribution in [0.15, 0.2) is 0 Å². The van der Waals surface area contributed by atoms with Crippen molar-refractivity contribution in [2.45, 2.75) is 64.2 Å². The standard InChI is InChI=1S/C15H27NO2/c1-14(2,3)18-13-8-15(9-13)4-6-16(7-5-15)12-10-17-11-12/h12-13H,4-11H2,1-3H3. The average molecular weight is 253 g/mol. The third-order valence-corrected chi connectivity index (χ3v) is 4.84. The van der Waals surface area contributed by atoms with E-state index in [4.69, 9.17) is 9.47 Å². The molecule has 2 saturated heterocycles. The molecular weight excluding hydrogens is 226 g/mol. The monoisotopic (exact) mass is 253 g/mol. The van der Waals surface area contributed by atoms with E-state index in [1.54, 1.807) is 0 Å². The predicted octanol–water partition coefficient (Wildman–Crippen LogP) is 2.44. The fourth-order valence-electron chi connectivity index (χ4n) is 3.70. The second kappa shape index (κ2) is 4.46. The highest BCUT2D eigenvalue weighted by Crippen LogP contribution is 2.51. The Balaban J connectivity index is 1.43. The number of piperidine rings is 1. The highest BCUT2D eigenvalue weighted by atomic mass is 16.5. The lowest BCUT2D eigenvalue weighted by molar-refractivity contribution is -0.164. The summed E-state index contributed by atoms with van der Waals surface area (Å²) in [4.78, 5) is 2.63. The van der Waals surface area contributed by atoms with Crippen molar-refractivity contribution in [2.24, 2.45) is 5.41 Å². The van der Waals surface area contributed by atoms with Crippen LogP contribution in [0.5, 0.6) is 0 Å². The molecule has 3 heteroatoms. The smallest absolute Gasteiger partial charge is 0.0645 e. The van der Waals surface area contributed by atoms with Crippen molar-refractivity contribution in [1.29, 1.82) is 0 Å². The molecule has 0 aromatic carbocycles. The molecule has 0 bridgehead atoms. The lowest BCUT2D eigenvalue weighted by Gasteiger charge is -2.54. The normalized spacial score (nSPS) is 30.2. The van der Waals surface area contributed by atoms with Gasteiger partial charge in [0.15, 0.2) is 0 Å². The Labute approximate surface area is 111 Å². The maximum atomic E-state index is 6.07. The summed E-state index contributed by atoms with van der Waals surface area (Å²) in [5.74, 6) is 0. The van der Waals surface area contributed by atoms with Gasteiger partial charge in [-0.05, 0) is 65.0 Å². The molecule has 0 radical (unpaired) electrons. The minimum atomic E-state index is 0.0241. The van der Waals surface area contributed by atoms with Gasteiger partial charge in [0.05, 0.1) is 31.0 Å². The molecule has 2 aliphatic heterocycles. The second-order valence-electron chi connectivity index (χ2n) is 7.49. The van der Waals surface area contributed by atoms with Gasteiger partial charge in [0.2, 0.25) is 0 Å². The molecule has 2 heterocycles. The first kappa shape index (κ1) is 12.9. The maximum Gasteiger partial charge on any atom is 0.0645 e. The van der Waals surface area contributed by atoms with Crippen molar-refractivity contribution in [1.82, 2.24) is 4.90 Å². The van der Waals surface area contributed by atoms with E-state index < -0.39 is 0 Å². The van der Waals surface area contributed by atoms with E-state index in [1.807, 2.05) is 0 Å². The SMILES string of the molecule is CC(C)(C)OC1CC2(CCN(C3COC3)CC2)C1. The van der Waals surface area contributed by atoms with Crippen LogP contribution in [0.3, 0.4) is 0 Å². The number of hydrogen-bond donors (Lipinski definition) is 0. The minimum Gasteiger partial charge on any atom is -0.378 e. The highest BCUT2D eigenvalue weighted by molar-refractivity contribution is 4.99. The summed E-state index contributed by atoms with van der Waals surface area (Å²) < 4.78 is 11.4. The Kier molecular flexibility index (Phi) is 3.20. The molecule has 3 nitrogen and oxygen atoms in total. The van der Waals surface area contributed by atoms with Crippen LogP contribution in [-0.2, 0) is 9.47 Å². The van der Waals surface area contributed by atoms with Crippen LogP contribution >= 0.6 is 0 Å². The topological polar surface area (TPSA) is 21.7 Å². The Hall–Kier alpha value is -0.120. The molecule has 0 N–H and O–H groups in total. The zero-order valence-corrected chi connectivity index (χ0v) is 12.1. The molecule has 3 rings (SSSR count). The van der Waals surface area contributed by atoms with Gasteiger partial charge >= 0.3 is 0 Å². The van der Waals surface area contributed by atoms with E-state index in [9.17, 15) is 0 Å². The van der Waals surface area contributed by atoms with Gasteiger partial charge in [-0.2, -0.15) is 0 Å². The fourth-order valence-corrected chi connectivity index (χ4v) is 3.70. The molecular formula is C15H27NO2. The van der Waals surface area contributed by atoms with E-state index in [1.165, 1.54) is 38.8 Å². The van der Waals surface area contributed by atoms with Gasteiger partial charge in [-0.3, -0.25) is 4.90 Å². The summed E-state index contributed by atoms with van der Waals surface area (Å²) in [6.07, 6.45) is 5.84. The van der Waals surface area contributed by atoms with Crippen LogP contribution < -0.4 is 0 Å². The van der Waals surface area contributed by atoms with Gasteiger partial charge in [0, 0.05) is 0 Å². The minimum absolute atomic E-state index is 0.0241. The van der Waals surface area contributed by atoms with Crippen molar-refractivity contribution in [2.75, 3.05) is 26.3 Å². The molecule has 0 amide bonds. The number of likely N-dealkylation sites (tertiary alicyclic amines) is 1. The third-order valence-electron chi connectivity index (χ3n) is 4.84. The average Bonchev–Trinajstić information content (AvgIpc) is 2.13. The first-order valence-corrected chi connectivity index (χ1v) is 7.46. The van der Waals surface area contributed by atoms with Gasteiger partial charge in [-0.25, -0.2) is 0 Å². The Bertz CT molecular complexity index is 290. The van der Waals surface area contributed by atoms with Gasteiger partial charge in [0.1, 0.15) is 0 Å². The van der Waals surface area contributed by atoms with Crippen molar-refractivity contribution in [3.8, 4) is 0 Å². The molecule has 1 aliphatic carbocycles. The first-order valence-electron chi connectivity index (χ1n) is 7.46. The first-order chi connectivity index (χ1) is 8.46. The van der Waals surface area contributed by atoms with Gasteiger partial charge in [-0.1, -0.05) is 0 Å². The summed E-state index contributed by atoms with van der Waals surface area (Å²) in [6, 6.07) is 0.726. The summed E-state index contributed by atoms with van der Waals surface area (Å²) in [5.41, 5.74) is 0.646. The molecule has 3 fully saturated rings. The van der Waals surface area contributed by atoms with E-state index in [2.05, 4.69) is 25.7 Å². The second-order valence-corrected chi connectivity index (χ2v) is 7.49. The van der Waals surface area contributed by atoms with Crippen LogP contribution in [-0.4, -0.2) is 49.0 Å². The predicted molar refractivity (Wildman–Crippen MR) is 71.7 cm³/mol. The summed E-state index contributed by atoms with van der Waals surface area (Å²) in [5, 5.41) is 0. The molecule has 0 aromatic rings. The van der Waals surface area contributed by atoms with E-state index in [0.717, 1.165) is 19.3 Å². The number of hydrogen-bond acceptors (Lipinski definition) is 3. The molecule has 3 aliphatic rings. The Morgan fingerprint density at radius 1 is 1.11 bits per heavy atom. The number of nitrogens with zero attached hydrogens (tertiary/aromatic N) is 1. The molecule has 1 saturated carbocycles. The zero-order valence-electron chi connectivity index (χ0n) is 12.1. The largest absolute Gasteiger partial charge is 0.378 e. The van der Waals surface area contributed by atoms with Crippen molar-refractivity contribution in [3.05, 3.63) is 0 Å². The number of rotatable bonds is 2. The van der Waals surface area contributed by atoms with E-state index in [0.29, 0.717) is 11.5 Å². The summed E-state index contributed by atoms with van der Waals surface area (Å²) >= 11 is 0. The van der Waals surface area contributed by atoms with Crippen LogP contribution in [0, 0.1) is 5.41 Å². The van der Waals surface area contributed by atoms with Gasteiger partial charge in [-0.15, -0.1) is 0 Å². The zero-order chi connectivity index (χ0) is 12.8. The third kappa shape index (κ3) is 2.59.